The molecule has 1 aromatic rings. The molecule has 0 radical (unpaired) electrons. The van der Waals surface area contributed by atoms with Crippen LogP contribution in [0.4, 0.5) is 4.79 Å². The summed E-state index contributed by atoms with van der Waals surface area (Å²) < 4.78 is 11.3. The molecule has 1 N–H and O–H groups in total. The van der Waals surface area contributed by atoms with Crippen LogP contribution in [0.25, 0.3) is 5.57 Å². The van der Waals surface area contributed by atoms with Gasteiger partial charge in [-0.3, -0.25) is 4.79 Å². The van der Waals surface area contributed by atoms with Crippen LogP contribution in [0.5, 0.6) is 0 Å². The van der Waals surface area contributed by atoms with Gasteiger partial charge in [-0.25, -0.2) is 4.79 Å². The first-order valence-electron chi connectivity index (χ1n) is 12.7. The van der Waals surface area contributed by atoms with Crippen LogP contribution in [-0.4, -0.2) is 73.3 Å². The van der Waals surface area contributed by atoms with E-state index in [1.165, 1.54) is 31.0 Å². The van der Waals surface area contributed by atoms with Gasteiger partial charge in [0.05, 0.1) is 31.3 Å². The second-order valence-corrected chi connectivity index (χ2v) is 10.3. The van der Waals surface area contributed by atoms with Crippen molar-refractivity contribution in [2.24, 2.45) is 0 Å². The maximum Gasteiger partial charge on any atom is 1.00 e. The van der Waals surface area contributed by atoms with E-state index in [9.17, 15) is 19.5 Å². The van der Waals surface area contributed by atoms with Gasteiger partial charge in [0.1, 0.15) is 6.61 Å². The number of nitrogens with zero attached hydrogens (tertiary/aromatic N) is 1. The summed E-state index contributed by atoms with van der Waals surface area (Å²) in [5.41, 5.74) is 3.02. The van der Waals surface area contributed by atoms with Gasteiger partial charge in [0.2, 0.25) is 5.91 Å². The van der Waals surface area contributed by atoms with Crippen LogP contribution < -0.4 is 29.3 Å². The molecule has 1 aromatic carbocycles. The van der Waals surface area contributed by atoms with Crippen LogP contribution >= 0.6 is 11.8 Å². The fraction of sp³-hybridized carbons (Fsp3) is 0.593. The molecule has 2 aliphatic rings. The number of aliphatic carboxylic acids is 1. The molecule has 1 fully saturated rings. The molecule has 0 aromatic heterocycles. The second kappa shape index (κ2) is 16.1. The van der Waals surface area contributed by atoms with Crippen molar-refractivity contribution in [2.75, 3.05) is 38.3 Å². The number of hydrogen-bond acceptors (Lipinski definition) is 7. The van der Waals surface area contributed by atoms with Gasteiger partial charge in [0, 0.05) is 12.1 Å². The van der Waals surface area contributed by atoms with Crippen LogP contribution in [0.15, 0.2) is 29.8 Å². The largest absolute Gasteiger partial charge is 1.00 e. The first-order valence-corrected chi connectivity index (χ1v) is 14.1. The molecule has 0 saturated heterocycles. The minimum absolute atomic E-state index is 0. The molecule has 1 aliphatic heterocycles. The Balaban J connectivity index is 0.00000481. The summed E-state index contributed by atoms with van der Waals surface area (Å²) in [5, 5.41) is 14.2. The summed E-state index contributed by atoms with van der Waals surface area (Å²) in [6.07, 6.45) is 8.01. The Morgan fingerprint density at radius 3 is 2.57 bits per heavy atom. The Bertz CT molecular complexity index is 951. The number of carboxylic acid groups (broad SMARTS) is 1. The molecule has 10 heteroatoms. The van der Waals surface area contributed by atoms with Gasteiger partial charge in [0.15, 0.2) is 0 Å². The first kappa shape index (κ1) is 31.3. The van der Waals surface area contributed by atoms with E-state index in [4.69, 9.17) is 9.47 Å². The molecule has 1 heterocycles. The van der Waals surface area contributed by atoms with E-state index in [-0.39, 0.29) is 44.5 Å². The van der Waals surface area contributed by atoms with Crippen molar-refractivity contribution < 1.29 is 47.8 Å². The fourth-order valence-corrected chi connectivity index (χ4v) is 5.20. The van der Waals surface area contributed by atoms with E-state index < -0.39 is 24.0 Å². The third-order valence-electron chi connectivity index (χ3n) is 6.76. The topological polar surface area (TPSA) is 108 Å². The number of nitrogens with one attached hydrogen (secondary N) is 1. The van der Waals surface area contributed by atoms with Gasteiger partial charge in [-0.2, -0.15) is 11.8 Å². The molecule has 0 bridgehead atoms. The maximum atomic E-state index is 13.2. The molecule has 8 nitrogen and oxygen atoms in total. The van der Waals surface area contributed by atoms with Crippen LogP contribution in [0, 0.1) is 6.92 Å². The number of benzene rings is 1. The predicted molar refractivity (Wildman–Crippen MR) is 138 cm³/mol. The van der Waals surface area contributed by atoms with E-state index in [0.717, 1.165) is 24.0 Å². The average molecular weight is 525 g/mol. The minimum atomic E-state index is -1.30. The Morgan fingerprint density at radius 1 is 1.16 bits per heavy atom. The zero-order chi connectivity index (χ0) is 25.9. The van der Waals surface area contributed by atoms with Crippen molar-refractivity contribution in [3.63, 3.8) is 0 Å². The number of hydrogen-bond donors (Lipinski definition) is 1. The molecule has 1 atom stereocenters. The quantitative estimate of drug-likeness (QED) is 0.319. The molecule has 3 rings (SSSR count). The van der Waals surface area contributed by atoms with Gasteiger partial charge in [0.25, 0.3) is 0 Å². The summed E-state index contributed by atoms with van der Waals surface area (Å²) in [5.74, 6) is -1.14. The number of rotatable bonds is 11. The van der Waals surface area contributed by atoms with E-state index in [1.54, 1.807) is 4.90 Å². The molecular weight excluding hydrogens is 487 g/mol. The monoisotopic (exact) mass is 524 g/mol. The SMILES string of the molecule is CSCCC(NC(=O)C1=C(c2ccccc2C)CN(C(=O)OCCOC2CCCCC2)CC1)C(=O)[O-].[Li+]. The van der Waals surface area contributed by atoms with Crippen LogP contribution in [0.1, 0.15) is 56.1 Å². The number of carboxylic acids is 1. The normalized spacial score (nSPS) is 17.1. The zero-order valence-corrected chi connectivity index (χ0v) is 23.1. The number of carbonyl (C=O) groups excluding carboxylic acids is 3. The third-order valence-corrected chi connectivity index (χ3v) is 7.41. The van der Waals surface area contributed by atoms with Crippen LogP contribution in [0.2, 0.25) is 0 Å². The second-order valence-electron chi connectivity index (χ2n) is 9.32. The molecule has 1 saturated carbocycles. The summed E-state index contributed by atoms with van der Waals surface area (Å²) in [7, 11) is 0. The van der Waals surface area contributed by atoms with E-state index in [2.05, 4.69) is 5.32 Å². The summed E-state index contributed by atoms with van der Waals surface area (Å²) in [6, 6.07) is 6.58. The molecule has 198 valence electrons. The Hall–Kier alpha value is -1.92. The molecule has 1 aliphatic carbocycles. The van der Waals surface area contributed by atoms with Crippen molar-refractivity contribution in [1.29, 1.82) is 0 Å². The first-order chi connectivity index (χ1) is 17.4. The van der Waals surface area contributed by atoms with Gasteiger partial charge in [-0.15, -0.1) is 0 Å². The molecule has 2 amide bonds. The number of ether oxygens (including phenoxy) is 2. The fourth-order valence-electron chi connectivity index (χ4n) is 4.73. The van der Waals surface area contributed by atoms with Crippen molar-refractivity contribution in [2.45, 2.75) is 64.0 Å². The Morgan fingerprint density at radius 2 is 1.89 bits per heavy atom. The predicted octanol–water partition coefficient (Wildman–Crippen LogP) is -0.0680. The van der Waals surface area contributed by atoms with E-state index >= 15 is 0 Å². The molecule has 1 unspecified atom stereocenters. The summed E-state index contributed by atoms with van der Waals surface area (Å²) in [6.45, 7) is 3.02. The van der Waals surface area contributed by atoms with E-state index in [1.807, 2.05) is 37.4 Å². The standard InChI is InChI=1S/C27H38N2O6S.Li/c1-19-8-6-7-11-21(19)23-18-29(27(33)35-16-15-34-20-9-4-3-5-10-20)14-12-22(23)25(30)28-24(26(31)32)13-17-36-2;/h6-8,11,20,24H,3-5,9-10,12-18H2,1-2H3,(H,28,30)(H,31,32);/q;+1/p-1. The molecule has 37 heavy (non-hydrogen) atoms. The number of carbonyl (C=O) groups is 3. The van der Waals surface area contributed by atoms with Crippen LogP contribution in [0.3, 0.4) is 0 Å². The van der Waals surface area contributed by atoms with Crippen LogP contribution in [-0.2, 0) is 19.1 Å². The van der Waals surface area contributed by atoms with Crippen molar-refractivity contribution in [3.05, 3.63) is 41.0 Å². The maximum absolute atomic E-state index is 13.2. The van der Waals surface area contributed by atoms with E-state index in [0.29, 0.717) is 36.5 Å². The van der Waals surface area contributed by atoms with Gasteiger partial charge in [-0.1, -0.05) is 43.5 Å². The average Bonchev–Trinajstić information content (AvgIpc) is 2.89. The zero-order valence-electron chi connectivity index (χ0n) is 22.3. The van der Waals surface area contributed by atoms with Crippen molar-refractivity contribution in [1.82, 2.24) is 10.2 Å². The van der Waals surface area contributed by atoms with Gasteiger partial charge < -0.3 is 29.6 Å². The Kier molecular flexibility index (Phi) is 13.6. The summed E-state index contributed by atoms with van der Waals surface area (Å²) in [4.78, 5) is 39.2. The smallest absolute Gasteiger partial charge is 0.548 e. The summed E-state index contributed by atoms with van der Waals surface area (Å²) >= 11 is 1.51. The third kappa shape index (κ3) is 9.40. The molecular formula is C27H37LiN2O6S. The Labute approximate surface area is 236 Å². The number of thioether (sulfide) groups is 1. The number of aryl methyl sites for hydroxylation is 1. The van der Waals surface area contributed by atoms with Crippen molar-refractivity contribution >= 4 is 35.3 Å². The molecule has 0 spiro atoms. The minimum Gasteiger partial charge on any atom is -0.548 e. The number of amides is 2. The van der Waals surface area contributed by atoms with Crippen molar-refractivity contribution in [3.8, 4) is 0 Å². The van der Waals surface area contributed by atoms with Gasteiger partial charge >= 0.3 is 25.0 Å². The van der Waals surface area contributed by atoms with Gasteiger partial charge in [-0.05, 0) is 61.3 Å².